The summed E-state index contributed by atoms with van der Waals surface area (Å²) in [5, 5.41) is 11.7. The van der Waals surface area contributed by atoms with E-state index in [2.05, 4.69) is 5.32 Å². The SMILES string of the molecule is C/C=C(/C)C(=O)NC1CCCC1C(=O)O. The van der Waals surface area contributed by atoms with Crippen molar-refractivity contribution in [1.82, 2.24) is 5.32 Å². The summed E-state index contributed by atoms with van der Waals surface area (Å²) < 4.78 is 0. The van der Waals surface area contributed by atoms with Gasteiger partial charge in [-0.05, 0) is 26.7 Å². The summed E-state index contributed by atoms with van der Waals surface area (Å²) in [6.45, 7) is 3.51. The zero-order valence-corrected chi connectivity index (χ0v) is 9.12. The van der Waals surface area contributed by atoms with Gasteiger partial charge >= 0.3 is 5.97 Å². The Morgan fingerprint density at radius 1 is 1.40 bits per heavy atom. The van der Waals surface area contributed by atoms with Crippen LogP contribution in [-0.4, -0.2) is 23.0 Å². The highest BCUT2D eigenvalue weighted by Crippen LogP contribution is 2.25. The summed E-state index contributed by atoms with van der Waals surface area (Å²) in [5.74, 6) is -1.38. The Morgan fingerprint density at radius 2 is 2.07 bits per heavy atom. The molecule has 15 heavy (non-hydrogen) atoms. The van der Waals surface area contributed by atoms with Crippen molar-refractivity contribution >= 4 is 11.9 Å². The molecule has 1 fully saturated rings. The van der Waals surface area contributed by atoms with Crippen molar-refractivity contribution in [2.24, 2.45) is 5.92 Å². The van der Waals surface area contributed by atoms with Gasteiger partial charge in [-0.2, -0.15) is 0 Å². The molecule has 2 N–H and O–H groups in total. The summed E-state index contributed by atoms with van der Waals surface area (Å²) in [4.78, 5) is 22.4. The Balaban J connectivity index is 2.58. The molecule has 2 unspecified atom stereocenters. The second kappa shape index (κ2) is 4.96. The van der Waals surface area contributed by atoms with E-state index in [4.69, 9.17) is 5.11 Å². The van der Waals surface area contributed by atoms with E-state index >= 15 is 0 Å². The number of carbonyl (C=O) groups is 2. The third kappa shape index (κ3) is 2.81. The number of hydrogen-bond donors (Lipinski definition) is 2. The number of carboxylic acid groups (broad SMARTS) is 1. The molecule has 0 aromatic rings. The number of hydrogen-bond acceptors (Lipinski definition) is 2. The molecule has 1 amide bonds. The third-order valence-corrected chi connectivity index (χ3v) is 2.94. The Labute approximate surface area is 89.4 Å². The second-order valence-electron chi connectivity index (χ2n) is 3.93. The lowest BCUT2D eigenvalue weighted by Crippen LogP contribution is -2.40. The molecule has 0 bridgehead atoms. The molecule has 4 nitrogen and oxygen atoms in total. The lowest BCUT2D eigenvalue weighted by molar-refractivity contribution is -0.142. The van der Waals surface area contributed by atoms with Crippen molar-refractivity contribution in [3.63, 3.8) is 0 Å². The summed E-state index contributed by atoms with van der Waals surface area (Å²) in [5.41, 5.74) is 0.631. The second-order valence-corrected chi connectivity index (χ2v) is 3.93. The molecule has 1 rings (SSSR count). The minimum absolute atomic E-state index is 0.157. The van der Waals surface area contributed by atoms with Gasteiger partial charge in [-0.1, -0.05) is 12.5 Å². The maximum Gasteiger partial charge on any atom is 0.308 e. The molecule has 1 aliphatic carbocycles. The van der Waals surface area contributed by atoms with Crippen molar-refractivity contribution in [1.29, 1.82) is 0 Å². The molecule has 1 saturated carbocycles. The summed E-state index contributed by atoms with van der Waals surface area (Å²) in [6.07, 6.45) is 4.02. The van der Waals surface area contributed by atoms with Crippen LogP contribution in [0.25, 0.3) is 0 Å². The lowest BCUT2D eigenvalue weighted by atomic mass is 10.0. The molecule has 0 aliphatic heterocycles. The molecule has 0 aromatic carbocycles. The quantitative estimate of drug-likeness (QED) is 0.692. The van der Waals surface area contributed by atoms with Crippen molar-refractivity contribution in [2.45, 2.75) is 39.2 Å². The minimum atomic E-state index is -0.809. The molecule has 1 aliphatic rings. The first kappa shape index (κ1) is 11.8. The fourth-order valence-electron chi connectivity index (χ4n) is 1.84. The van der Waals surface area contributed by atoms with Crippen molar-refractivity contribution in [2.75, 3.05) is 0 Å². The van der Waals surface area contributed by atoms with Crippen LogP contribution in [0.1, 0.15) is 33.1 Å². The zero-order valence-electron chi connectivity index (χ0n) is 9.12. The van der Waals surface area contributed by atoms with Crippen LogP contribution in [0.3, 0.4) is 0 Å². The number of carboxylic acids is 1. The molecular weight excluding hydrogens is 194 g/mol. The van der Waals surface area contributed by atoms with Gasteiger partial charge in [0.25, 0.3) is 0 Å². The maximum absolute atomic E-state index is 11.5. The number of rotatable bonds is 3. The van der Waals surface area contributed by atoms with Gasteiger partial charge < -0.3 is 10.4 Å². The van der Waals surface area contributed by atoms with E-state index in [-0.39, 0.29) is 11.9 Å². The van der Waals surface area contributed by atoms with Crippen molar-refractivity contribution < 1.29 is 14.7 Å². The number of carbonyl (C=O) groups excluding carboxylic acids is 1. The molecule has 0 radical (unpaired) electrons. The van der Waals surface area contributed by atoms with Gasteiger partial charge in [0.1, 0.15) is 0 Å². The van der Waals surface area contributed by atoms with Gasteiger partial charge in [-0.15, -0.1) is 0 Å². The summed E-state index contributed by atoms with van der Waals surface area (Å²) in [6, 6.07) is -0.204. The Bertz CT molecular complexity index is 296. The van der Waals surface area contributed by atoms with Crippen LogP contribution in [0.5, 0.6) is 0 Å². The molecule has 0 saturated heterocycles. The fourth-order valence-corrected chi connectivity index (χ4v) is 1.84. The van der Waals surface area contributed by atoms with Gasteiger partial charge in [-0.3, -0.25) is 9.59 Å². The van der Waals surface area contributed by atoms with E-state index in [0.717, 1.165) is 12.8 Å². The third-order valence-electron chi connectivity index (χ3n) is 2.94. The van der Waals surface area contributed by atoms with Crippen LogP contribution in [0.2, 0.25) is 0 Å². The average molecular weight is 211 g/mol. The van der Waals surface area contributed by atoms with Crippen LogP contribution < -0.4 is 5.32 Å². The van der Waals surface area contributed by atoms with E-state index in [1.807, 2.05) is 0 Å². The van der Waals surface area contributed by atoms with Crippen LogP contribution in [0, 0.1) is 5.92 Å². The predicted molar refractivity (Wildman–Crippen MR) is 56.3 cm³/mol. The first-order valence-corrected chi connectivity index (χ1v) is 5.23. The number of amides is 1. The highest BCUT2D eigenvalue weighted by molar-refractivity contribution is 5.93. The van der Waals surface area contributed by atoms with Gasteiger partial charge in [0, 0.05) is 11.6 Å². The maximum atomic E-state index is 11.5. The van der Waals surface area contributed by atoms with Crippen LogP contribution in [-0.2, 0) is 9.59 Å². The standard InChI is InChI=1S/C11H17NO3/c1-3-7(2)10(13)12-9-6-4-5-8(9)11(14)15/h3,8-9H,4-6H2,1-2H3,(H,12,13)(H,14,15)/b7-3-. The van der Waals surface area contributed by atoms with Gasteiger partial charge in [0.2, 0.25) is 5.91 Å². The van der Waals surface area contributed by atoms with E-state index in [1.165, 1.54) is 0 Å². The highest BCUT2D eigenvalue weighted by Gasteiger charge is 2.33. The lowest BCUT2D eigenvalue weighted by Gasteiger charge is -2.17. The summed E-state index contributed by atoms with van der Waals surface area (Å²) >= 11 is 0. The molecule has 0 aromatic heterocycles. The largest absolute Gasteiger partial charge is 0.481 e. The van der Waals surface area contributed by atoms with Gasteiger partial charge in [-0.25, -0.2) is 0 Å². The van der Waals surface area contributed by atoms with Crippen molar-refractivity contribution in [3.8, 4) is 0 Å². The monoisotopic (exact) mass is 211 g/mol. The van der Waals surface area contributed by atoms with Crippen LogP contribution in [0.15, 0.2) is 11.6 Å². The smallest absolute Gasteiger partial charge is 0.308 e. The van der Waals surface area contributed by atoms with E-state index in [0.29, 0.717) is 12.0 Å². The van der Waals surface area contributed by atoms with E-state index in [1.54, 1.807) is 19.9 Å². The molecule has 84 valence electrons. The van der Waals surface area contributed by atoms with Crippen LogP contribution >= 0.6 is 0 Å². The molecule has 0 heterocycles. The number of aliphatic carboxylic acids is 1. The fraction of sp³-hybridized carbons (Fsp3) is 0.636. The molecule has 4 heteroatoms. The zero-order chi connectivity index (χ0) is 11.4. The van der Waals surface area contributed by atoms with Crippen molar-refractivity contribution in [3.05, 3.63) is 11.6 Å². The Morgan fingerprint density at radius 3 is 2.60 bits per heavy atom. The van der Waals surface area contributed by atoms with E-state index < -0.39 is 11.9 Å². The number of allylic oxidation sites excluding steroid dienone is 1. The van der Waals surface area contributed by atoms with Gasteiger partial charge in [0.15, 0.2) is 0 Å². The topological polar surface area (TPSA) is 66.4 Å². The van der Waals surface area contributed by atoms with Gasteiger partial charge in [0.05, 0.1) is 5.92 Å². The molecule has 0 spiro atoms. The first-order chi connectivity index (χ1) is 7.06. The first-order valence-electron chi connectivity index (χ1n) is 5.23. The van der Waals surface area contributed by atoms with Crippen LogP contribution in [0.4, 0.5) is 0 Å². The average Bonchev–Trinajstić information content (AvgIpc) is 2.64. The number of nitrogens with one attached hydrogen (secondary N) is 1. The molecular formula is C11H17NO3. The molecule has 2 atom stereocenters. The predicted octanol–water partition coefficient (Wildman–Crippen LogP) is 1.32. The summed E-state index contributed by atoms with van der Waals surface area (Å²) in [7, 11) is 0. The normalized spacial score (nSPS) is 26.4. The highest BCUT2D eigenvalue weighted by atomic mass is 16.4. The minimum Gasteiger partial charge on any atom is -0.481 e. The Hall–Kier alpha value is -1.32. The van der Waals surface area contributed by atoms with E-state index in [9.17, 15) is 9.59 Å². The Kier molecular flexibility index (Phi) is 3.88.